The van der Waals surface area contributed by atoms with E-state index in [9.17, 15) is 9.59 Å². The average molecular weight is 575 g/mol. The number of anilines is 1. The van der Waals surface area contributed by atoms with Crippen LogP contribution < -0.4 is 19.8 Å². The molecule has 0 saturated carbocycles. The lowest BCUT2D eigenvalue weighted by Crippen LogP contribution is -2.40. The fraction of sp³-hybridized carbons (Fsp3) is 0.258. The lowest BCUT2D eigenvalue weighted by atomic mass is 9.95. The van der Waals surface area contributed by atoms with Gasteiger partial charge < -0.3 is 14.2 Å². The molecular formula is C31H31ClN4O3S. The Balaban J connectivity index is 1.67. The maximum absolute atomic E-state index is 14.0. The minimum absolute atomic E-state index is 0.198. The third-order valence-electron chi connectivity index (χ3n) is 7.08. The van der Waals surface area contributed by atoms with Crippen LogP contribution in [-0.2, 0) is 9.53 Å². The van der Waals surface area contributed by atoms with Gasteiger partial charge in [0, 0.05) is 41.9 Å². The van der Waals surface area contributed by atoms with Crippen molar-refractivity contribution >= 4 is 40.7 Å². The number of carbonyl (C=O) groups is 1. The van der Waals surface area contributed by atoms with Crippen molar-refractivity contribution in [3.8, 4) is 5.69 Å². The largest absolute Gasteiger partial charge is 0.463 e. The Labute approximate surface area is 241 Å². The van der Waals surface area contributed by atoms with Crippen LogP contribution in [0.4, 0.5) is 5.69 Å². The quantitative estimate of drug-likeness (QED) is 0.306. The van der Waals surface area contributed by atoms with Crippen LogP contribution in [0.25, 0.3) is 11.8 Å². The Morgan fingerprint density at radius 3 is 2.40 bits per heavy atom. The standard InChI is InChI=1S/C31H31ClN4O3S/c1-7-39-30(38)27-19(3)33-31-36(28(27)21-8-12-24(13-9-21)34(5)6)29(37)26(40-31)17-22-16-18(2)35(20(22)4)25-14-10-23(32)11-15-25/h8-17,28H,7H2,1-6H3/b26-17-/t28-/m1/s1. The van der Waals surface area contributed by atoms with E-state index < -0.39 is 12.0 Å². The summed E-state index contributed by atoms with van der Waals surface area (Å²) in [6.07, 6.45) is 1.91. The summed E-state index contributed by atoms with van der Waals surface area (Å²) in [6, 6.07) is 17.0. The van der Waals surface area contributed by atoms with Gasteiger partial charge in [0.2, 0.25) is 0 Å². The highest BCUT2D eigenvalue weighted by atomic mass is 35.5. The first-order valence-electron chi connectivity index (χ1n) is 13.0. The zero-order valence-electron chi connectivity index (χ0n) is 23.4. The summed E-state index contributed by atoms with van der Waals surface area (Å²) in [5, 5.41) is 0.677. The second-order valence-electron chi connectivity index (χ2n) is 9.93. The van der Waals surface area contributed by atoms with Gasteiger partial charge in [-0.1, -0.05) is 35.1 Å². The first-order valence-corrected chi connectivity index (χ1v) is 14.2. The molecule has 0 bridgehead atoms. The predicted octanol–water partition coefficient (Wildman–Crippen LogP) is 4.93. The van der Waals surface area contributed by atoms with Crippen molar-refractivity contribution in [1.29, 1.82) is 0 Å². The van der Waals surface area contributed by atoms with Gasteiger partial charge in [-0.15, -0.1) is 0 Å². The highest BCUT2D eigenvalue weighted by Crippen LogP contribution is 2.31. The van der Waals surface area contributed by atoms with Gasteiger partial charge in [-0.3, -0.25) is 9.36 Å². The summed E-state index contributed by atoms with van der Waals surface area (Å²) < 4.78 is 9.71. The third kappa shape index (κ3) is 4.93. The minimum atomic E-state index is -0.643. The smallest absolute Gasteiger partial charge is 0.338 e. The lowest BCUT2D eigenvalue weighted by Gasteiger charge is -2.25. The Bertz CT molecular complexity index is 1810. The molecule has 7 nitrogen and oxygen atoms in total. The summed E-state index contributed by atoms with van der Waals surface area (Å²) >= 11 is 7.42. The van der Waals surface area contributed by atoms with Crippen LogP contribution in [0, 0.1) is 13.8 Å². The van der Waals surface area contributed by atoms with E-state index >= 15 is 0 Å². The maximum Gasteiger partial charge on any atom is 0.338 e. The van der Waals surface area contributed by atoms with Crippen molar-refractivity contribution in [2.45, 2.75) is 33.7 Å². The zero-order valence-corrected chi connectivity index (χ0v) is 24.9. The summed E-state index contributed by atoms with van der Waals surface area (Å²) in [4.78, 5) is 34.4. The van der Waals surface area contributed by atoms with Crippen LogP contribution in [0.15, 0.2) is 75.7 Å². The molecule has 4 aromatic rings. The number of allylic oxidation sites excluding steroid dienone is 1. The number of ether oxygens (including phenoxy) is 1. The summed E-state index contributed by atoms with van der Waals surface area (Å²) in [7, 11) is 3.94. The Morgan fingerprint density at radius 2 is 1.77 bits per heavy atom. The number of hydrogen-bond acceptors (Lipinski definition) is 6. The van der Waals surface area contributed by atoms with E-state index in [2.05, 4.69) is 10.6 Å². The molecule has 9 heteroatoms. The second kappa shape index (κ2) is 10.9. The van der Waals surface area contributed by atoms with Crippen LogP contribution >= 0.6 is 22.9 Å². The van der Waals surface area contributed by atoms with Crippen LogP contribution in [0.3, 0.4) is 0 Å². The van der Waals surface area contributed by atoms with Gasteiger partial charge in [0.15, 0.2) is 4.80 Å². The fourth-order valence-corrected chi connectivity index (χ4v) is 6.29. The monoisotopic (exact) mass is 574 g/mol. The molecule has 0 N–H and O–H groups in total. The molecule has 206 valence electrons. The fourth-order valence-electron chi connectivity index (χ4n) is 5.12. The first kappa shape index (κ1) is 27.7. The number of aromatic nitrogens is 2. The lowest BCUT2D eigenvalue weighted by molar-refractivity contribution is -0.139. The van der Waals surface area contributed by atoms with Gasteiger partial charge >= 0.3 is 5.97 Å². The molecule has 40 heavy (non-hydrogen) atoms. The van der Waals surface area contributed by atoms with E-state index in [0.717, 1.165) is 33.9 Å². The van der Waals surface area contributed by atoms with E-state index in [4.69, 9.17) is 21.3 Å². The molecular weight excluding hydrogens is 544 g/mol. The number of fused-ring (bicyclic) bond motifs is 1. The number of thiazole rings is 1. The van der Waals surface area contributed by atoms with Crippen LogP contribution in [0.1, 0.15) is 42.4 Å². The molecule has 1 aliphatic heterocycles. The third-order valence-corrected chi connectivity index (χ3v) is 8.32. The van der Waals surface area contributed by atoms with Gasteiger partial charge in [-0.05, 0) is 87.4 Å². The molecule has 0 aliphatic carbocycles. The maximum atomic E-state index is 14.0. The topological polar surface area (TPSA) is 68.8 Å². The Kier molecular flexibility index (Phi) is 7.57. The van der Waals surface area contributed by atoms with Gasteiger partial charge in [0.25, 0.3) is 5.56 Å². The molecule has 0 unspecified atom stereocenters. The normalized spacial score (nSPS) is 15.2. The number of rotatable bonds is 6. The summed E-state index contributed by atoms with van der Waals surface area (Å²) in [6.45, 7) is 7.86. The van der Waals surface area contributed by atoms with Crippen LogP contribution in [0.2, 0.25) is 5.02 Å². The Hall–Kier alpha value is -3.88. The number of aryl methyl sites for hydroxylation is 1. The van der Waals surface area contributed by atoms with Gasteiger partial charge in [0.1, 0.15) is 0 Å². The number of carbonyl (C=O) groups excluding carboxylic acids is 1. The van der Waals surface area contributed by atoms with E-state index in [1.165, 1.54) is 11.3 Å². The van der Waals surface area contributed by atoms with E-state index in [1.54, 1.807) is 18.4 Å². The number of halogens is 1. The molecule has 0 fully saturated rings. The second-order valence-corrected chi connectivity index (χ2v) is 11.4. The van der Waals surface area contributed by atoms with Gasteiger partial charge in [-0.25, -0.2) is 9.79 Å². The van der Waals surface area contributed by atoms with Crippen LogP contribution in [-0.4, -0.2) is 35.8 Å². The molecule has 0 radical (unpaired) electrons. The Morgan fingerprint density at radius 1 is 1.10 bits per heavy atom. The molecule has 5 rings (SSSR count). The minimum Gasteiger partial charge on any atom is -0.463 e. The molecule has 2 aromatic carbocycles. The van der Waals surface area contributed by atoms with Crippen LogP contribution in [0.5, 0.6) is 0 Å². The highest BCUT2D eigenvalue weighted by molar-refractivity contribution is 7.07. The van der Waals surface area contributed by atoms with Crippen molar-refractivity contribution < 1.29 is 9.53 Å². The molecule has 0 amide bonds. The van der Waals surface area contributed by atoms with Crippen molar-refractivity contribution in [2.24, 2.45) is 4.99 Å². The summed E-state index contributed by atoms with van der Waals surface area (Å²) in [5.41, 5.74) is 6.54. The molecule has 2 aromatic heterocycles. The van der Waals surface area contributed by atoms with Gasteiger partial charge in [-0.2, -0.15) is 0 Å². The van der Waals surface area contributed by atoms with Crippen molar-refractivity contribution in [2.75, 3.05) is 25.6 Å². The van der Waals surface area contributed by atoms with Crippen molar-refractivity contribution in [1.82, 2.24) is 9.13 Å². The van der Waals surface area contributed by atoms with Crippen molar-refractivity contribution in [3.63, 3.8) is 0 Å². The molecule has 0 saturated heterocycles. The SMILES string of the molecule is CCOC(=O)C1=C(C)N=c2s/c(=C\c3cc(C)n(-c4ccc(Cl)cc4)c3C)c(=O)n2[C@@H]1c1ccc(N(C)C)cc1. The average Bonchev–Trinajstić information content (AvgIpc) is 3.38. The van der Waals surface area contributed by atoms with E-state index in [-0.39, 0.29) is 12.2 Å². The molecule has 1 atom stereocenters. The molecule has 3 heterocycles. The molecule has 1 aliphatic rings. The van der Waals surface area contributed by atoms with Gasteiger partial charge in [0.05, 0.1) is 28.5 Å². The van der Waals surface area contributed by atoms with Crippen molar-refractivity contribution in [3.05, 3.63) is 113 Å². The van der Waals surface area contributed by atoms with E-state index in [0.29, 0.717) is 25.6 Å². The zero-order chi connectivity index (χ0) is 28.7. The number of benzene rings is 2. The number of nitrogens with zero attached hydrogens (tertiary/aromatic N) is 4. The predicted molar refractivity (Wildman–Crippen MR) is 161 cm³/mol. The number of hydrogen-bond donors (Lipinski definition) is 0. The highest BCUT2D eigenvalue weighted by Gasteiger charge is 2.33. The van der Waals surface area contributed by atoms with E-state index in [1.807, 2.05) is 87.4 Å². The number of esters is 1. The summed E-state index contributed by atoms with van der Waals surface area (Å²) in [5.74, 6) is -0.466. The first-order chi connectivity index (χ1) is 19.1. The molecule has 0 spiro atoms.